The third-order valence-corrected chi connectivity index (χ3v) is 1.54. The first kappa shape index (κ1) is 10.8. The van der Waals surface area contributed by atoms with Gasteiger partial charge in [-0.2, -0.15) is 17.6 Å². The zero-order valence-electron chi connectivity index (χ0n) is 6.65. The molecule has 0 fully saturated rings. The van der Waals surface area contributed by atoms with Crippen molar-refractivity contribution >= 4 is 0 Å². The van der Waals surface area contributed by atoms with Gasteiger partial charge < -0.3 is 5.73 Å². The van der Waals surface area contributed by atoms with Gasteiger partial charge in [0.1, 0.15) is 11.9 Å². The minimum Gasteiger partial charge on any atom is -0.316 e. The molecule has 7 heteroatoms. The number of hydrogen-bond acceptors (Lipinski definition) is 2. The normalized spacial score (nSPS) is 14.1. The second-order valence-corrected chi connectivity index (χ2v) is 2.55. The molecule has 1 unspecified atom stereocenters. The van der Waals surface area contributed by atoms with E-state index in [1.54, 1.807) is 0 Å². The van der Waals surface area contributed by atoms with Crippen LogP contribution >= 0.6 is 0 Å². The molecule has 78 valence electrons. The monoisotopic (exact) mass is 212 g/mol. The average molecular weight is 212 g/mol. The van der Waals surface area contributed by atoms with Crippen LogP contribution in [0.1, 0.15) is 11.6 Å². The van der Waals surface area contributed by atoms with Gasteiger partial charge in [-0.1, -0.05) is 0 Å². The summed E-state index contributed by atoms with van der Waals surface area (Å²) in [4.78, 5) is 2.84. The van der Waals surface area contributed by atoms with E-state index in [-0.39, 0.29) is 0 Å². The van der Waals surface area contributed by atoms with E-state index in [2.05, 4.69) is 10.7 Å². The van der Waals surface area contributed by atoms with Crippen LogP contribution in [-0.4, -0.2) is 11.2 Å². The van der Waals surface area contributed by atoms with E-state index in [1.165, 1.54) is 0 Å². The van der Waals surface area contributed by atoms with Gasteiger partial charge in [0.05, 0.1) is 6.20 Å². The van der Waals surface area contributed by atoms with Crippen molar-refractivity contribution in [3.05, 3.63) is 29.6 Å². The van der Waals surface area contributed by atoms with E-state index < -0.39 is 29.5 Å². The van der Waals surface area contributed by atoms with Crippen molar-refractivity contribution in [2.24, 2.45) is 5.73 Å². The lowest BCUT2D eigenvalue weighted by atomic mass is 10.1. The minimum atomic E-state index is -4.81. The second-order valence-electron chi connectivity index (χ2n) is 2.55. The van der Waals surface area contributed by atoms with E-state index in [0.717, 1.165) is 0 Å². The Balaban J connectivity index is 3.12. The Morgan fingerprint density at radius 2 is 1.86 bits per heavy atom. The average Bonchev–Trinajstić information content (AvgIpc) is 2.06. The number of pyridine rings is 1. The zero-order valence-corrected chi connectivity index (χ0v) is 6.65. The largest absolute Gasteiger partial charge is 0.407 e. The third-order valence-electron chi connectivity index (χ3n) is 1.54. The van der Waals surface area contributed by atoms with Gasteiger partial charge in [0.25, 0.3) is 0 Å². The summed E-state index contributed by atoms with van der Waals surface area (Å²) < 4.78 is 61.2. The minimum absolute atomic E-state index is 0.327. The Kier molecular flexibility index (Phi) is 2.70. The van der Waals surface area contributed by atoms with Gasteiger partial charge in [-0.05, 0) is 0 Å². The smallest absolute Gasteiger partial charge is 0.316 e. The third kappa shape index (κ3) is 2.16. The maximum atomic E-state index is 12.7. The molecule has 2 N–H and O–H groups in total. The van der Waals surface area contributed by atoms with Gasteiger partial charge in [0.15, 0.2) is 0 Å². The molecule has 0 aromatic carbocycles. The Morgan fingerprint density at radius 1 is 1.29 bits per heavy atom. The van der Waals surface area contributed by atoms with Gasteiger partial charge >= 0.3 is 6.18 Å². The molecular weight excluding hydrogens is 207 g/mol. The van der Waals surface area contributed by atoms with Crippen molar-refractivity contribution in [2.75, 3.05) is 0 Å². The van der Waals surface area contributed by atoms with Crippen LogP contribution in [0.4, 0.5) is 22.0 Å². The van der Waals surface area contributed by atoms with E-state index in [0.29, 0.717) is 12.3 Å². The lowest BCUT2D eigenvalue weighted by Gasteiger charge is -2.15. The molecule has 0 amide bonds. The topological polar surface area (TPSA) is 38.9 Å². The van der Waals surface area contributed by atoms with E-state index >= 15 is 0 Å². The van der Waals surface area contributed by atoms with Gasteiger partial charge in [-0.3, -0.25) is 0 Å². The predicted octanol–water partition coefficient (Wildman–Crippen LogP) is 1.92. The Labute approximate surface area is 75.5 Å². The van der Waals surface area contributed by atoms with Crippen molar-refractivity contribution in [1.82, 2.24) is 4.98 Å². The van der Waals surface area contributed by atoms with Gasteiger partial charge in [0.2, 0.25) is 5.95 Å². The summed E-state index contributed by atoms with van der Waals surface area (Å²) >= 11 is 0. The zero-order chi connectivity index (χ0) is 10.9. The SMILES string of the molecule is NC(c1cc(F)ncc1F)C(F)(F)F. The van der Waals surface area contributed by atoms with E-state index in [4.69, 9.17) is 0 Å². The van der Waals surface area contributed by atoms with Gasteiger partial charge in [-0.15, -0.1) is 0 Å². The number of halogens is 5. The van der Waals surface area contributed by atoms with Crippen LogP contribution in [0.25, 0.3) is 0 Å². The highest BCUT2D eigenvalue weighted by Crippen LogP contribution is 2.31. The van der Waals surface area contributed by atoms with Crippen LogP contribution in [0, 0.1) is 11.8 Å². The number of aromatic nitrogens is 1. The molecule has 1 heterocycles. The lowest BCUT2D eigenvalue weighted by molar-refractivity contribution is -0.149. The fraction of sp³-hybridized carbons (Fsp3) is 0.286. The number of alkyl halides is 3. The van der Waals surface area contributed by atoms with Gasteiger partial charge in [0, 0.05) is 11.6 Å². The van der Waals surface area contributed by atoms with Crippen molar-refractivity contribution < 1.29 is 22.0 Å². The molecule has 0 radical (unpaired) electrons. The van der Waals surface area contributed by atoms with Crippen molar-refractivity contribution in [1.29, 1.82) is 0 Å². The van der Waals surface area contributed by atoms with Gasteiger partial charge in [-0.25, -0.2) is 9.37 Å². The highest BCUT2D eigenvalue weighted by molar-refractivity contribution is 5.19. The summed E-state index contributed by atoms with van der Waals surface area (Å²) in [5.41, 5.74) is 3.73. The maximum absolute atomic E-state index is 12.7. The van der Waals surface area contributed by atoms with Crippen molar-refractivity contribution in [3.63, 3.8) is 0 Å². The van der Waals surface area contributed by atoms with Crippen LogP contribution in [-0.2, 0) is 0 Å². The van der Waals surface area contributed by atoms with E-state index in [1.807, 2.05) is 0 Å². The molecule has 0 saturated heterocycles. The Morgan fingerprint density at radius 3 is 2.36 bits per heavy atom. The number of nitrogens with zero attached hydrogens (tertiary/aromatic N) is 1. The summed E-state index contributed by atoms with van der Waals surface area (Å²) in [5, 5.41) is 0. The molecule has 0 aliphatic rings. The molecule has 0 spiro atoms. The lowest BCUT2D eigenvalue weighted by Crippen LogP contribution is -2.29. The summed E-state index contributed by atoms with van der Waals surface area (Å²) in [6.45, 7) is 0. The highest BCUT2D eigenvalue weighted by atomic mass is 19.4. The number of rotatable bonds is 1. The molecule has 1 atom stereocenters. The van der Waals surface area contributed by atoms with Crippen molar-refractivity contribution in [2.45, 2.75) is 12.2 Å². The molecule has 1 aromatic heterocycles. The molecular formula is C7H5F5N2. The molecule has 0 aliphatic carbocycles. The first-order valence-corrected chi connectivity index (χ1v) is 3.45. The molecule has 0 bridgehead atoms. The first-order valence-electron chi connectivity index (χ1n) is 3.45. The first-order chi connectivity index (χ1) is 6.32. The number of nitrogens with two attached hydrogens (primary N) is 1. The fourth-order valence-corrected chi connectivity index (χ4v) is 0.842. The molecule has 14 heavy (non-hydrogen) atoms. The summed E-state index contributed by atoms with van der Waals surface area (Å²) in [5.74, 6) is -2.49. The van der Waals surface area contributed by atoms with E-state index in [9.17, 15) is 22.0 Å². The molecule has 1 aromatic rings. The second kappa shape index (κ2) is 3.49. The summed E-state index contributed by atoms with van der Waals surface area (Å²) in [6, 6.07) is -2.21. The van der Waals surface area contributed by atoms with Crippen LogP contribution < -0.4 is 5.73 Å². The fourth-order valence-electron chi connectivity index (χ4n) is 0.842. The Bertz CT molecular complexity index is 335. The van der Waals surface area contributed by atoms with Crippen LogP contribution in [0.2, 0.25) is 0 Å². The summed E-state index contributed by atoms with van der Waals surface area (Å²) in [7, 11) is 0. The number of hydrogen-bond donors (Lipinski definition) is 1. The highest BCUT2D eigenvalue weighted by Gasteiger charge is 2.39. The van der Waals surface area contributed by atoms with Crippen molar-refractivity contribution in [3.8, 4) is 0 Å². The van der Waals surface area contributed by atoms with Crippen LogP contribution in [0.15, 0.2) is 12.3 Å². The standard InChI is InChI=1S/C7H5F5N2/c8-4-2-14-5(9)1-3(4)6(13)7(10,11)12/h1-2,6H,13H2. The summed E-state index contributed by atoms with van der Waals surface area (Å²) in [6.07, 6.45) is -4.45. The molecule has 0 saturated carbocycles. The maximum Gasteiger partial charge on any atom is 0.407 e. The van der Waals surface area contributed by atoms with Crippen LogP contribution in [0.3, 0.4) is 0 Å². The van der Waals surface area contributed by atoms with Crippen LogP contribution in [0.5, 0.6) is 0 Å². The molecule has 1 rings (SSSR count). The molecule has 2 nitrogen and oxygen atoms in total. The Hall–Kier alpha value is -1.24. The predicted molar refractivity (Wildman–Crippen MR) is 37.1 cm³/mol. The molecule has 0 aliphatic heterocycles. The quantitative estimate of drug-likeness (QED) is 0.570.